The van der Waals surface area contributed by atoms with Crippen LogP contribution in [0.5, 0.6) is 0 Å². The molecule has 0 aliphatic rings. The van der Waals surface area contributed by atoms with Crippen LogP contribution in [0.25, 0.3) is 0 Å². The van der Waals surface area contributed by atoms with E-state index in [-0.39, 0.29) is 0 Å². The minimum atomic E-state index is -1.56. The summed E-state index contributed by atoms with van der Waals surface area (Å²) in [4.78, 5) is 0. The summed E-state index contributed by atoms with van der Waals surface area (Å²) in [6.45, 7) is 14.8. The predicted molar refractivity (Wildman–Crippen MR) is 99.6 cm³/mol. The molecule has 0 radical (unpaired) electrons. The molecule has 1 unspecified atom stereocenters. The van der Waals surface area contributed by atoms with E-state index in [1.807, 2.05) is 0 Å². The highest BCUT2D eigenvalue weighted by molar-refractivity contribution is 9.10. The second kappa shape index (κ2) is 7.93. The highest BCUT2D eigenvalue weighted by Crippen LogP contribution is 2.36. The Morgan fingerprint density at radius 2 is 1.67 bits per heavy atom. The SMILES string of the molecule is CC(CCCCO[Si](C)(C)C(C)(C)C)c1ccc(Br)cc1. The number of hydrogen-bond donors (Lipinski definition) is 0. The monoisotopic (exact) mass is 370 g/mol. The third-order valence-electron chi connectivity index (χ3n) is 4.74. The highest BCUT2D eigenvalue weighted by atomic mass is 79.9. The molecule has 0 saturated carbocycles. The molecule has 1 atom stereocenters. The quantitative estimate of drug-likeness (QED) is 0.381. The molecule has 120 valence electrons. The van der Waals surface area contributed by atoms with Crippen molar-refractivity contribution in [3.63, 3.8) is 0 Å². The summed E-state index contributed by atoms with van der Waals surface area (Å²) in [6, 6.07) is 8.71. The van der Waals surface area contributed by atoms with Crippen LogP contribution in [0.4, 0.5) is 0 Å². The lowest BCUT2D eigenvalue weighted by atomic mass is 9.96. The topological polar surface area (TPSA) is 9.23 Å². The van der Waals surface area contributed by atoms with Crippen molar-refractivity contribution >= 4 is 24.2 Å². The molecule has 0 aromatic heterocycles. The Morgan fingerprint density at radius 3 is 2.19 bits per heavy atom. The highest BCUT2D eigenvalue weighted by Gasteiger charge is 2.36. The van der Waals surface area contributed by atoms with Gasteiger partial charge in [-0.3, -0.25) is 0 Å². The van der Waals surface area contributed by atoms with Crippen LogP contribution in [0.1, 0.15) is 58.4 Å². The van der Waals surface area contributed by atoms with Gasteiger partial charge in [0.15, 0.2) is 8.32 Å². The van der Waals surface area contributed by atoms with E-state index in [1.54, 1.807) is 0 Å². The first-order chi connectivity index (χ1) is 9.63. The van der Waals surface area contributed by atoms with Crippen LogP contribution in [0.15, 0.2) is 28.7 Å². The molecule has 0 aliphatic carbocycles. The lowest BCUT2D eigenvalue weighted by Gasteiger charge is -2.36. The van der Waals surface area contributed by atoms with Crippen molar-refractivity contribution in [2.24, 2.45) is 0 Å². The van der Waals surface area contributed by atoms with Gasteiger partial charge in [-0.1, -0.05) is 62.2 Å². The average molecular weight is 371 g/mol. The lowest BCUT2D eigenvalue weighted by Crippen LogP contribution is -2.40. The molecule has 0 saturated heterocycles. The molecular weight excluding hydrogens is 340 g/mol. The first-order valence-electron chi connectivity index (χ1n) is 8.03. The van der Waals surface area contributed by atoms with Crippen LogP contribution < -0.4 is 0 Å². The molecule has 1 nitrogen and oxygen atoms in total. The number of rotatable bonds is 7. The molecule has 1 aromatic rings. The van der Waals surface area contributed by atoms with Gasteiger partial charge in [0.1, 0.15) is 0 Å². The van der Waals surface area contributed by atoms with E-state index in [4.69, 9.17) is 4.43 Å². The van der Waals surface area contributed by atoms with Crippen LogP contribution >= 0.6 is 15.9 Å². The summed E-state index contributed by atoms with van der Waals surface area (Å²) in [5.41, 5.74) is 1.43. The molecule has 3 heteroatoms. The van der Waals surface area contributed by atoms with E-state index in [2.05, 4.69) is 81.0 Å². The second-order valence-corrected chi connectivity index (χ2v) is 13.3. The third-order valence-corrected chi connectivity index (χ3v) is 9.81. The van der Waals surface area contributed by atoms with Crippen molar-refractivity contribution in [3.05, 3.63) is 34.3 Å². The fourth-order valence-corrected chi connectivity index (χ4v) is 3.41. The third kappa shape index (κ3) is 6.25. The van der Waals surface area contributed by atoms with Gasteiger partial charge in [0, 0.05) is 11.1 Å². The van der Waals surface area contributed by atoms with E-state index in [9.17, 15) is 0 Å². The number of benzene rings is 1. The zero-order valence-electron chi connectivity index (χ0n) is 14.5. The Kier molecular flexibility index (Phi) is 7.15. The van der Waals surface area contributed by atoms with Gasteiger partial charge in [-0.05, 0) is 54.6 Å². The van der Waals surface area contributed by atoms with Crippen molar-refractivity contribution in [3.8, 4) is 0 Å². The Hall–Kier alpha value is -0.123. The largest absolute Gasteiger partial charge is 0.417 e. The van der Waals surface area contributed by atoms with E-state index in [0.29, 0.717) is 11.0 Å². The second-order valence-electron chi connectivity index (χ2n) is 7.56. The molecular formula is C18H31BrOSi. The minimum absolute atomic E-state index is 0.317. The van der Waals surface area contributed by atoms with Gasteiger partial charge in [-0.2, -0.15) is 0 Å². The molecule has 1 aromatic carbocycles. The van der Waals surface area contributed by atoms with E-state index in [0.717, 1.165) is 11.1 Å². The molecule has 0 aliphatic heterocycles. The van der Waals surface area contributed by atoms with Gasteiger partial charge >= 0.3 is 0 Å². The summed E-state index contributed by atoms with van der Waals surface area (Å²) in [6.07, 6.45) is 3.65. The molecule has 0 amide bonds. The first kappa shape index (κ1) is 18.9. The van der Waals surface area contributed by atoms with Crippen LogP contribution in [0.2, 0.25) is 18.1 Å². The maximum absolute atomic E-state index is 6.23. The normalized spacial score (nSPS) is 14.2. The average Bonchev–Trinajstić information content (AvgIpc) is 2.37. The summed E-state index contributed by atoms with van der Waals surface area (Å²) in [5.74, 6) is 0.631. The Morgan fingerprint density at radius 1 is 1.10 bits per heavy atom. The molecule has 0 bridgehead atoms. The van der Waals surface area contributed by atoms with E-state index >= 15 is 0 Å². The van der Waals surface area contributed by atoms with Crippen LogP contribution in [-0.2, 0) is 4.43 Å². The smallest absolute Gasteiger partial charge is 0.191 e. The molecule has 0 heterocycles. The summed E-state index contributed by atoms with van der Waals surface area (Å²) in [7, 11) is -1.56. The Bertz CT molecular complexity index is 420. The van der Waals surface area contributed by atoms with Crippen molar-refractivity contribution in [2.45, 2.75) is 71.0 Å². The maximum atomic E-state index is 6.23. The zero-order valence-corrected chi connectivity index (χ0v) is 17.1. The standard InChI is InChI=1S/C18H31BrOSi/c1-15(16-10-12-17(19)13-11-16)9-7-8-14-20-21(5,6)18(2,3)4/h10-13,15H,7-9,14H2,1-6H3. The summed E-state index contributed by atoms with van der Waals surface area (Å²) < 4.78 is 7.38. The molecule has 1 rings (SSSR count). The lowest BCUT2D eigenvalue weighted by molar-refractivity contribution is 0.276. The fraction of sp³-hybridized carbons (Fsp3) is 0.667. The number of halogens is 1. The molecule has 0 spiro atoms. The van der Waals surface area contributed by atoms with E-state index < -0.39 is 8.32 Å². The van der Waals surface area contributed by atoms with Crippen LogP contribution in [0.3, 0.4) is 0 Å². The number of hydrogen-bond acceptors (Lipinski definition) is 1. The maximum Gasteiger partial charge on any atom is 0.191 e. The summed E-state index contributed by atoms with van der Waals surface area (Å²) in [5, 5.41) is 0.317. The summed E-state index contributed by atoms with van der Waals surface area (Å²) >= 11 is 3.49. The van der Waals surface area contributed by atoms with Crippen molar-refractivity contribution < 1.29 is 4.43 Å². The number of unbranched alkanes of at least 4 members (excludes halogenated alkanes) is 1. The zero-order chi connectivity index (χ0) is 16.1. The van der Waals surface area contributed by atoms with Gasteiger partial charge in [-0.25, -0.2) is 0 Å². The van der Waals surface area contributed by atoms with Gasteiger partial charge in [0.2, 0.25) is 0 Å². The molecule has 0 fully saturated rings. The van der Waals surface area contributed by atoms with Crippen LogP contribution in [0, 0.1) is 0 Å². The first-order valence-corrected chi connectivity index (χ1v) is 11.7. The van der Waals surface area contributed by atoms with Gasteiger partial charge < -0.3 is 4.43 Å². The fourth-order valence-electron chi connectivity index (χ4n) is 2.05. The Labute approximate surface area is 140 Å². The van der Waals surface area contributed by atoms with Gasteiger partial charge in [-0.15, -0.1) is 0 Å². The Balaban J connectivity index is 2.27. The van der Waals surface area contributed by atoms with Crippen LogP contribution in [-0.4, -0.2) is 14.9 Å². The van der Waals surface area contributed by atoms with Crippen molar-refractivity contribution in [1.29, 1.82) is 0 Å². The van der Waals surface area contributed by atoms with Gasteiger partial charge in [0.25, 0.3) is 0 Å². The van der Waals surface area contributed by atoms with Crippen molar-refractivity contribution in [2.75, 3.05) is 6.61 Å². The minimum Gasteiger partial charge on any atom is -0.417 e. The van der Waals surface area contributed by atoms with Gasteiger partial charge in [0.05, 0.1) is 0 Å². The predicted octanol–water partition coefficient (Wildman–Crippen LogP) is 6.74. The van der Waals surface area contributed by atoms with Crippen molar-refractivity contribution in [1.82, 2.24) is 0 Å². The molecule has 0 N–H and O–H groups in total. The molecule has 21 heavy (non-hydrogen) atoms. The van der Waals surface area contributed by atoms with E-state index in [1.165, 1.54) is 24.8 Å².